The van der Waals surface area contributed by atoms with Crippen molar-refractivity contribution >= 4 is 5.97 Å². The summed E-state index contributed by atoms with van der Waals surface area (Å²) in [6.07, 6.45) is 3.18. The Balaban J connectivity index is 0.000000191. The van der Waals surface area contributed by atoms with Gasteiger partial charge in [0.15, 0.2) is 11.9 Å². The summed E-state index contributed by atoms with van der Waals surface area (Å²) in [4.78, 5) is 13.5. The maximum atomic E-state index is 10.0. The Morgan fingerprint density at radius 2 is 2.11 bits per heavy atom. The van der Waals surface area contributed by atoms with Crippen molar-refractivity contribution in [1.82, 2.24) is 4.98 Å². The van der Waals surface area contributed by atoms with Crippen molar-refractivity contribution in [3.05, 3.63) is 54.1 Å². The van der Waals surface area contributed by atoms with E-state index in [-0.39, 0.29) is 5.69 Å². The number of hydrogen-bond donors (Lipinski definition) is 1. The predicted molar refractivity (Wildman–Crippen MR) is 66.6 cm³/mol. The number of carbonyl (C=O) groups is 1. The molecule has 2 heterocycles. The molecular weight excluding hydrogens is 246 g/mol. The second kappa shape index (κ2) is 6.95. The largest absolute Gasteiger partial charge is 0.543 e. The fourth-order valence-electron chi connectivity index (χ4n) is 1.28. The fourth-order valence-corrected chi connectivity index (χ4v) is 1.28. The third-order valence-electron chi connectivity index (χ3n) is 2.33. The minimum Gasteiger partial charge on any atom is -0.543 e. The third-order valence-corrected chi connectivity index (χ3v) is 2.33. The highest BCUT2D eigenvalue weighted by Crippen LogP contribution is 2.09. The predicted octanol–water partition coefficient (Wildman–Crippen LogP) is -0.550. The average Bonchev–Trinajstić information content (AvgIpc) is 2.43. The summed E-state index contributed by atoms with van der Waals surface area (Å²) < 4.78 is 6.55. The van der Waals surface area contributed by atoms with Crippen molar-refractivity contribution in [2.45, 2.75) is 6.92 Å². The lowest BCUT2D eigenvalue weighted by atomic mass is 10.3. The van der Waals surface area contributed by atoms with Crippen molar-refractivity contribution in [1.29, 1.82) is 0 Å². The third kappa shape index (κ3) is 4.27. The first-order valence-corrected chi connectivity index (χ1v) is 5.49. The Labute approximate surface area is 111 Å². The van der Waals surface area contributed by atoms with Crippen molar-refractivity contribution in [3.8, 4) is 5.75 Å². The van der Waals surface area contributed by atoms with E-state index in [0.717, 1.165) is 11.4 Å². The Morgan fingerprint density at radius 3 is 2.53 bits per heavy atom. The summed E-state index contributed by atoms with van der Waals surface area (Å²) in [5.41, 5.74) is 0.891. The number of ether oxygens (including phenoxy) is 1. The second-order valence-corrected chi connectivity index (χ2v) is 3.57. The molecule has 0 aromatic carbocycles. The Bertz CT molecular complexity index is 544. The molecule has 6 heteroatoms. The lowest BCUT2D eigenvalue weighted by Gasteiger charge is -1.98. The lowest BCUT2D eigenvalue weighted by molar-refractivity contribution is -0.645. The van der Waals surface area contributed by atoms with Gasteiger partial charge in [-0.05, 0) is 18.2 Å². The van der Waals surface area contributed by atoms with Crippen LogP contribution in [0.25, 0.3) is 0 Å². The summed E-state index contributed by atoms with van der Waals surface area (Å²) in [5, 5.41) is 10.0. The number of pyridine rings is 2. The fraction of sp³-hybridized carbons (Fsp3) is 0.154. The van der Waals surface area contributed by atoms with Gasteiger partial charge in [0, 0.05) is 19.2 Å². The van der Waals surface area contributed by atoms with Crippen LogP contribution in [0.1, 0.15) is 16.2 Å². The van der Waals surface area contributed by atoms with E-state index in [1.54, 1.807) is 25.4 Å². The molecule has 2 N–H and O–H groups in total. The maximum Gasteiger partial charge on any atom is 0.249 e. The molecule has 2 aromatic heterocycles. The molecule has 2 rings (SSSR count). The van der Waals surface area contributed by atoms with Gasteiger partial charge in [0.1, 0.15) is 0 Å². The van der Waals surface area contributed by atoms with Crippen molar-refractivity contribution in [2.24, 2.45) is 0 Å². The van der Waals surface area contributed by atoms with E-state index in [0.29, 0.717) is 0 Å². The van der Waals surface area contributed by atoms with Crippen molar-refractivity contribution < 1.29 is 19.3 Å². The van der Waals surface area contributed by atoms with Crippen LogP contribution in [0.3, 0.4) is 0 Å². The molecule has 0 aliphatic rings. The SMILES string of the molecule is COc1ccc[n+](N)c1C.O=C([O-])c1ccccn1. The quantitative estimate of drug-likeness (QED) is 0.578. The van der Waals surface area contributed by atoms with Crippen LogP contribution in [0.2, 0.25) is 0 Å². The van der Waals surface area contributed by atoms with Crippen LogP contribution in [0.5, 0.6) is 5.75 Å². The van der Waals surface area contributed by atoms with Crippen LogP contribution < -0.4 is 20.4 Å². The minimum atomic E-state index is -1.24. The monoisotopic (exact) mass is 261 g/mol. The van der Waals surface area contributed by atoms with E-state index in [9.17, 15) is 9.90 Å². The van der Waals surface area contributed by atoms with Crippen molar-refractivity contribution in [2.75, 3.05) is 13.0 Å². The number of aromatic carboxylic acids is 1. The molecule has 100 valence electrons. The number of nitrogens with two attached hydrogens (primary N) is 1. The van der Waals surface area contributed by atoms with Crippen molar-refractivity contribution in [3.63, 3.8) is 0 Å². The highest BCUT2D eigenvalue weighted by Gasteiger charge is 2.06. The molecule has 0 fully saturated rings. The van der Waals surface area contributed by atoms with Crippen LogP contribution in [0.15, 0.2) is 42.7 Å². The van der Waals surface area contributed by atoms with Gasteiger partial charge in [-0.1, -0.05) is 10.7 Å². The van der Waals surface area contributed by atoms with E-state index in [1.165, 1.54) is 16.9 Å². The number of carbonyl (C=O) groups excluding carboxylic acids is 1. The smallest absolute Gasteiger partial charge is 0.249 e. The number of carboxylic acid groups (broad SMARTS) is 1. The highest BCUT2D eigenvalue weighted by molar-refractivity contribution is 5.83. The summed E-state index contributed by atoms with van der Waals surface area (Å²) in [6, 6.07) is 8.34. The molecule has 0 bridgehead atoms. The molecule has 6 nitrogen and oxygen atoms in total. The van der Waals surface area contributed by atoms with E-state index >= 15 is 0 Å². The second-order valence-electron chi connectivity index (χ2n) is 3.57. The summed E-state index contributed by atoms with van der Waals surface area (Å²) in [7, 11) is 1.63. The number of nitrogens with zero attached hydrogens (tertiary/aromatic N) is 2. The summed E-state index contributed by atoms with van der Waals surface area (Å²) in [5.74, 6) is 5.10. The molecule has 19 heavy (non-hydrogen) atoms. The first kappa shape index (κ1) is 14.4. The van der Waals surface area contributed by atoms with Crippen LogP contribution in [-0.2, 0) is 0 Å². The molecule has 0 atom stereocenters. The number of aromatic nitrogens is 2. The first-order chi connectivity index (χ1) is 9.06. The average molecular weight is 261 g/mol. The molecule has 0 aliphatic carbocycles. The minimum absolute atomic E-state index is 0.0301. The number of rotatable bonds is 2. The molecule has 0 aliphatic heterocycles. The van der Waals surface area contributed by atoms with E-state index in [1.807, 2.05) is 19.1 Å². The van der Waals surface area contributed by atoms with Gasteiger partial charge in [-0.3, -0.25) is 4.98 Å². The van der Waals surface area contributed by atoms with Gasteiger partial charge < -0.3 is 14.6 Å². The standard InChI is InChI=1S/C7H11N2O.C6H5NO2/c1-6-7(10-2)4-3-5-9(6)8;8-6(9)5-3-1-2-4-7-5/h3-5H,8H2,1-2H3;1-4H,(H,8,9)/q+1;/p-1. The molecule has 0 spiro atoms. The van der Waals surface area contributed by atoms with Crippen LogP contribution >= 0.6 is 0 Å². The van der Waals surface area contributed by atoms with Gasteiger partial charge >= 0.3 is 0 Å². The number of nitrogen functional groups attached to an aromatic ring is 1. The number of hydrogen-bond acceptors (Lipinski definition) is 5. The maximum absolute atomic E-state index is 10.0. The van der Waals surface area contributed by atoms with E-state index in [2.05, 4.69) is 4.98 Å². The first-order valence-electron chi connectivity index (χ1n) is 5.49. The molecule has 0 radical (unpaired) electrons. The molecular formula is C13H15N3O3. The van der Waals surface area contributed by atoms with Gasteiger partial charge in [0.25, 0.3) is 0 Å². The lowest BCUT2D eigenvalue weighted by Crippen LogP contribution is -2.46. The summed E-state index contributed by atoms with van der Waals surface area (Å²) in [6.45, 7) is 1.90. The normalized spacial score (nSPS) is 9.16. The molecule has 0 saturated heterocycles. The molecule has 0 unspecified atom stereocenters. The van der Waals surface area contributed by atoms with E-state index in [4.69, 9.17) is 10.6 Å². The Hall–Kier alpha value is -2.63. The van der Waals surface area contributed by atoms with Crippen LogP contribution in [-0.4, -0.2) is 18.1 Å². The van der Waals surface area contributed by atoms with Crippen LogP contribution in [0.4, 0.5) is 0 Å². The molecule has 0 saturated carbocycles. The van der Waals surface area contributed by atoms with Gasteiger partial charge in [0.05, 0.1) is 18.8 Å². The molecule has 2 aromatic rings. The summed E-state index contributed by atoms with van der Waals surface area (Å²) >= 11 is 0. The zero-order valence-corrected chi connectivity index (χ0v) is 10.7. The highest BCUT2D eigenvalue weighted by atomic mass is 16.5. The zero-order chi connectivity index (χ0) is 14.3. The number of carboxylic acids is 1. The van der Waals surface area contributed by atoms with Crippen LogP contribution in [0, 0.1) is 6.92 Å². The Morgan fingerprint density at radius 1 is 1.37 bits per heavy atom. The zero-order valence-electron chi connectivity index (χ0n) is 10.7. The molecule has 0 amide bonds. The Kier molecular flexibility index (Phi) is 5.28. The van der Waals surface area contributed by atoms with E-state index < -0.39 is 5.97 Å². The van der Waals surface area contributed by atoms with Gasteiger partial charge in [-0.2, -0.15) is 0 Å². The topological polar surface area (TPSA) is 92.1 Å². The van der Waals surface area contributed by atoms with Gasteiger partial charge in [-0.15, -0.1) is 0 Å². The van der Waals surface area contributed by atoms with Gasteiger partial charge in [-0.25, -0.2) is 5.84 Å². The van der Waals surface area contributed by atoms with Gasteiger partial charge in [0.2, 0.25) is 5.69 Å². The number of methoxy groups -OCH3 is 1.